The van der Waals surface area contributed by atoms with Crippen molar-refractivity contribution in [2.45, 2.75) is 0 Å². The van der Waals surface area contributed by atoms with Gasteiger partial charge in [0.15, 0.2) is 23.0 Å². The van der Waals surface area contributed by atoms with Crippen LogP contribution in [-0.4, -0.2) is 35.5 Å². The average Bonchev–Trinajstić information content (AvgIpc) is 2.59. The van der Waals surface area contributed by atoms with Crippen LogP contribution in [0.1, 0.15) is 0 Å². The first-order valence-electron chi connectivity index (χ1n) is 6.91. The molecular formula is C17H21NO5. The molecule has 2 aromatic carbocycles. The van der Waals surface area contributed by atoms with Crippen LogP contribution in [0.4, 0.5) is 5.69 Å². The highest BCUT2D eigenvalue weighted by molar-refractivity contribution is 5.82. The van der Waals surface area contributed by atoms with Crippen molar-refractivity contribution in [1.82, 2.24) is 0 Å². The molecule has 0 spiro atoms. The number of methoxy groups -OCH3 is 5. The van der Waals surface area contributed by atoms with Gasteiger partial charge in [0.05, 0.1) is 35.5 Å². The van der Waals surface area contributed by atoms with Gasteiger partial charge in [0.25, 0.3) is 0 Å². The van der Waals surface area contributed by atoms with E-state index in [0.717, 1.165) is 11.1 Å². The minimum Gasteiger partial charge on any atom is -0.493 e. The fourth-order valence-electron chi connectivity index (χ4n) is 2.38. The van der Waals surface area contributed by atoms with E-state index < -0.39 is 0 Å². The summed E-state index contributed by atoms with van der Waals surface area (Å²) in [6, 6.07) is 7.20. The van der Waals surface area contributed by atoms with Crippen molar-refractivity contribution in [1.29, 1.82) is 0 Å². The molecule has 0 aliphatic rings. The lowest BCUT2D eigenvalue weighted by Gasteiger charge is -2.16. The van der Waals surface area contributed by atoms with E-state index in [9.17, 15) is 0 Å². The van der Waals surface area contributed by atoms with E-state index in [4.69, 9.17) is 29.4 Å². The molecule has 0 aliphatic heterocycles. The van der Waals surface area contributed by atoms with Crippen LogP contribution < -0.4 is 29.4 Å². The van der Waals surface area contributed by atoms with Crippen LogP contribution in [-0.2, 0) is 0 Å². The molecule has 6 nitrogen and oxygen atoms in total. The van der Waals surface area contributed by atoms with Crippen molar-refractivity contribution < 1.29 is 23.7 Å². The lowest BCUT2D eigenvalue weighted by molar-refractivity contribution is 0.324. The number of anilines is 1. The summed E-state index contributed by atoms with van der Waals surface area (Å²) in [7, 11) is 7.84. The van der Waals surface area contributed by atoms with E-state index in [0.29, 0.717) is 34.4 Å². The summed E-state index contributed by atoms with van der Waals surface area (Å²) >= 11 is 0. The van der Waals surface area contributed by atoms with Gasteiger partial charge in [0.1, 0.15) is 0 Å². The highest BCUT2D eigenvalue weighted by atomic mass is 16.5. The van der Waals surface area contributed by atoms with Crippen molar-refractivity contribution in [3.63, 3.8) is 0 Å². The van der Waals surface area contributed by atoms with Gasteiger partial charge in [0, 0.05) is 17.3 Å². The van der Waals surface area contributed by atoms with E-state index in [1.807, 2.05) is 18.2 Å². The monoisotopic (exact) mass is 319 g/mol. The van der Waals surface area contributed by atoms with Crippen molar-refractivity contribution in [3.8, 4) is 39.9 Å². The summed E-state index contributed by atoms with van der Waals surface area (Å²) in [5, 5.41) is 0. The molecule has 0 saturated carbocycles. The SMILES string of the molecule is COc1cc(N)c(-c2cc(OC)c(OC)c(OC)c2)cc1OC. The van der Waals surface area contributed by atoms with Gasteiger partial charge in [-0.3, -0.25) is 0 Å². The molecule has 2 rings (SSSR count). The summed E-state index contributed by atoms with van der Waals surface area (Å²) < 4.78 is 26.7. The van der Waals surface area contributed by atoms with Gasteiger partial charge in [0.2, 0.25) is 5.75 Å². The van der Waals surface area contributed by atoms with E-state index in [1.54, 1.807) is 41.6 Å². The number of ether oxygens (including phenoxy) is 5. The first-order chi connectivity index (χ1) is 11.1. The Labute approximate surface area is 135 Å². The van der Waals surface area contributed by atoms with Gasteiger partial charge < -0.3 is 29.4 Å². The quantitative estimate of drug-likeness (QED) is 0.825. The zero-order chi connectivity index (χ0) is 17.0. The molecule has 6 heteroatoms. The van der Waals surface area contributed by atoms with Gasteiger partial charge in [-0.1, -0.05) is 0 Å². The summed E-state index contributed by atoms with van der Waals surface area (Å²) in [5.41, 5.74) is 8.31. The molecule has 0 aliphatic carbocycles. The highest BCUT2D eigenvalue weighted by Gasteiger charge is 2.17. The third-order valence-corrected chi connectivity index (χ3v) is 3.53. The number of nitrogen functional groups attached to an aromatic ring is 1. The Kier molecular flexibility index (Phi) is 5.05. The molecule has 23 heavy (non-hydrogen) atoms. The van der Waals surface area contributed by atoms with Gasteiger partial charge in [-0.2, -0.15) is 0 Å². The van der Waals surface area contributed by atoms with Crippen LogP contribution in [0, 0.1) is 0 Å². The average molecular weight is 319 g/mol. The largest absolute Gasteiger partial charge is 0.493 e. The molecule has 0 atom stereocenters. The Morgan fingerprint density at radius 1 is 0.609 bits per heavy atom. The van der Waals surface area contributed by atoms with Crippen LogP contribution in [0.2, 0.25) is 0 Å². The smallest absolute Gasteiger partial charge is 0.203 e. The van der Waals surface area contributed by atoms with Crippen molar-refractivity contribution in [2.75, 3.05) is 41.3 Å². The number of hydrogen-bond acceptors (Lipinski definition) is 6. The van der Waals surface area contributed by atoms with Gasteiger partial charge in [-0.15, -0.1) is 0 Å². The second-order valence-electron chi connectivity index (χ2n) is 4.71. The highest BCUT2D eigenvalue weighted by Crippen LogP contribution is 2.44. The number of nitrogens with two attached hydrogens (primary N) is 1. The topological polar surface area (TPSA) is 72.2 Å². The number of rotatable bonds is 6. The van der Waals surface area contributed by atoms with Crippen LogP contribution in [0.25, 0.3) is 11.1 Å². The van der Waals surface area contributed by atoms with E-state index in [2.05, 4.69) is 0 Å². The zero-order valence-corrected chi connectivity index (χ0v) is 13.9. The maximum absolute atomic E-state index is 6.16. The summed E-state index contributed by atoms with van der Waals surface area (Å²) in [5.74, 6) is 2.79. The standard InChI is InChI=1S/C17H21NO5/c1-19-13-8-11(12(18)9-14(13)20-2)10-6-15(21-3)17(23-5)16(7-10)22-4/h6-9H,18H2,1-5H3. The summed E-state index contributed by atoms with van der Waals surface area (Å²) in [6.07, 6.45) is 0. The minimum absolute atomic E-state index is 0.526. The lowest BCUT2D eigenvalue weighted by Crippen LogP contribution is -1.98. The molecule has 0 radical (unpaired) electrons. The van der Waals surface area contributed by atoms with Crippen molar-refractivity contribution >= 4 is 5.69 Å². The van der Waals surface area contributed by atoms with Gasteiger partial charge >= 0.3 is 0 Å². The number of benzene rings is 2. The van der Waals surface area contributed by atoms with Crippen LogP contribution >= 0.6 is 0 Å². The molecule has 2 N–H and O–H groups in total. The maximum Gasteiger partial charge on any atom is 0.203 e. The predicted octanol–water partition coefficient (Wildman–Crippen LogP) is 2.98. The third-order valence-electron chi connectivity index (χ3n) is 3.53. The van der Waals surface area contributed by atoms with E-state index >= 15 is 0 Å². The molecular weight excluding hydrogens is 298 g/mol. The van der Waals surface area contributed by atoms with Crippen LogP contribution in [0.3, 0.4) is 0 Å². The zero-order valence-electron chi connectivity index (χ0n) is 13.9. The maximum atomic E-state index is 6.16. The Hall–Kier alpha value is -2.76. The van der Waals surface area contributed by atoms with Gasteiger partial charge in [-0.25, -0.2) is 0 Å². The fraction of sp³-hybridized carbons (Fsp3) is 0.294. The van der Waals surface area contributed by atoms with Gasteiger partial charge in [-0.05, 0) is 23.8 Å². The normalized spacial score (nSPS) is 10.1. The predicted molar refractivity (Wildman–Crippen MR) is 89.1 cm³/mol. The molecule has 0 aromatic heterocycles. The van der Waals surface area contributed by atoms with Crippen molar-refractivity contribution in [3.05, 3.63) is 24.3 Å². The molecule has 0 heterocycles. The Balaban J connectivity index is 2.66. The second kappa shape index (κ2) is 7.00. The lowest BCUT2D eigenvalue weighted by atomic mass is 10.0. The summed E-state index contributed by atoms with van der Waals surface area (Å²) in [4.78, 5) is 0. The molecule has 0 fully saturated rings. The molecule has 124 valence electrons. The first kappa shape index (κ1) is 16.6. The molecule has 0 saturated heterocycles. The first-order valence-corrected chi connectivity index (χ1v) is 6.91. The molecule has 0 unspecified atom stereocenters. The number of hydrogen-bond donors (Lipinski definition) is 1. The van der Waals surface area contributed by atoms with E-state index in [-0.39, 0.29) is 0 Å². The Morgan fingerprint density at radius 2 is 1.09 bits per heavy atom. The Morgan fingerprint density at radius 3 is 1.52 bits per heavy atom. The van der Waals surface area contributed by atoms with E-state index in [1.165, 1.54) is 0 Å². The summed E-state index contributed by atoms with van der Waals surface area (Å²) in [6.45, 7) is 0. The molecule has 0 bridgehead atoms. The Bertz CT molecular complexity index is 675. The molecule has 2 aromatic rings. The van der Waals surface area contributed by atoms with Crippen LogP contribution in [0.15, 0.2) is 24.3 Å². The van der Waals surface area contributed by atoms with Crippen molar-refractivity contribution in [2.24, 2.45) is 0 Å². The van der Waals surface area contributed by atoms with Crippen LogP contribution in [0.5, 0.6) is 28.7 Å². The second-order valence-corrected chi connectivity index (χ2v) is 4.71. The third kappa shape index (κ3) is 3.06. The fourth-order valence-corrected chi connectivity index (χ4v) is 2.38. The minimum atomic E-state index is 0.526. The molecule has 0 amide bonds.